The highest BCUT2D eigenvalue weighted by Crippen LogP contribution is 2.20. The van der Waals surface area contributed by atoms with Crippen LogP contribution in [0.3, 0.4) is 0 Å². The molecule has 0 saturated heterocycles. The average Bonchev–Trinajstić information content (AvgIpc) is 2.91. The number of methoxy groups -OCH3 is 1. The maximum Gasteiger partial charge on any atom is 0.251 e. The van der Waals surface area contributed by atoms with Gasteiger partial charge in [-0.2, -0.15) is 0 Å². The fraction of sp³-hybridized carbons (Fsp3) is 0.412. The summed E-state index contributed by atoms with van der Waals surface area (Å²) in [6.45, 7) is 4.69. The van der Waals surface area contributed by atoms with Crippen LogP contribution in [0.15, 0.2) is 36.7 Å². The fourth-order valence-electron chi connectivity index (χ4n) is 2.35. The predicted molar refractivity (Wildman–Crippen MR) is 85.4 cm³/mol. The van der Waals surface area contributed by atoms with Crippen molar-refractivity contribution >= 4 is 5.91 Å². The van der Waals surface area contributed by atoms with Crippen molar-refractivity contribution in [1.29, 1.82) is 0 Å². The number of aryl methyl sites for hydroxylation is 1. The van der Waals surface area contributed by atoms with Crippen LogP contribution in [0.5, 0.6) is 0 Å². The number of carbonyl (C=O) groups excluding carboxylic acids is 1. The van der Waals surface area contributed by atoms with Crippen molar-refractivity contribution < 1.29 is 9.53 Å². The minimum Gasteiger partial charge on any atom is -0.380 e. The van der Waals surface area contributed by atoms with Crippen LogP contribution in [0.1, 0.15) is 41.6 Å². The molecule has 2 rings (SSSR count). The molecule has 1 aromatic heterocycles. The Morgan fingerprint density at radius 2 is 2.00 bits per heavy atom. The molecule has 1 aromatic carbocycles. The molecule has 5 heteroatoms. The largest absolute Gasteiger partial charge is 0.380 e. The molecule has 22 heavy (non-hydrogen) atoms. The van der Waals surface area contributed by atoms with E-state index in [-0.39, 0.29) is 17.9 Å². The van der Waals surface area contributed by atoms with Gasteiger partial charge in [-0.05, 0) is 23.6 Å². The Hall–Kier alpha value is -2.14. The molecule has 0 saturated carbocycles. The van der Waals surface area contributed by atoms with Crippen molar-refractivity contribution in [3.05, 3.63) is 53.6 Å². The Morgan fingerprint density at radius 1 is 1.32 bits per heavy atom. The predicted octanol–water partition coefficient (Wildman–Crippen LogP) is 2.69. The summed E-state index contributed by atoms with van der Waals surface area (Å²) in [7, 11) is 3.59. The molecule has 1 unspecified atom stereocenters. The van der Waals surface area contributed by atoms with Gasteiger partial charge >= 0.3 is 0 Å². The molecule has 0 aliphatic rings. The number of ether oxygens (including phenoxy) is 1. The number of rotatable bonds is 6. The zero-order valence-corrected chi connectivity index (χ0v) is 13.5. The molecule has 0 fully saturated rings. The normalized spacial score (nSPS) is 12.4. The Kier molecular flexibility index (Phi) is 5.33. The first-order chi connectivity index (χ1) is 10.5. The molecule has 0 aliphatic heterocycles. The van der Waals surface area contributed by atoms with Crippen LogP contribution >= 0.6 is 0 Å². The Morgan fingerprint density at radius 3 is 2.50 bits per heavy atom. The smallest absolute Gasteiger partial charge is 0.251 e. The molecule has 0 radical (unpaired) electrons. The highest BCUT2D eigenvalue weighted by Gasteiger charge is 2.22. The number of benzene rings is 1. The number of aromatic nitrogens is 2. The number of nitrogens with zero attached hydrogens (tertiary/aromatic N) is 2. The SMILES string of the molecule is COCc1ccc(C(=O)NC(c2nccn2C)C(C)C)cc1. The molecule has 0 aliphatic carbocycles. The summed E-state index contributed by atoms with van der Waals surface area (Å²) in [5.41, 5.74) is 1.68. The van der Waals surface area contributed by atoms with Crippen LogP contribution in [0.25, 0.3) is 0 Å². The second-order valence-corrected chi connectivity index (χ2v) is 5.72. The van der Waals surface area contributed by atoms with Gasteiger partial charge in [0.25, 0.3) is 5.91 Å². The average molecular weight is 301 g/mol. The highest BCUT2D eigenvalue weighted by atomic mass is 16.5. The topological polar surface area (TPSA) is 56.1 Å². The molecule has 118 valence electrons. The maximum absolute atomic E-state index is 12.5. The molecular weight excluding hydrogens is 278 g/mol. The van der Waals surface area contributed by atoms with E-state index >= 15 is 0 Å². The first kappa shape index (κ1) is 16.2. The maximum atomic E-state index is 12.5. The molecule has 1 heterocycles. The second-order valence-electron chi connectivity index (χ2n) is 5.72. The van der Waals surface area contributed by atoms with Gasteiger partial charge in [0.15, 0.2) is 0 Å². The van der Waals surface area contributed by atoms with Crippen LogP contribution in [-0.2, 0) is 18.4 Å². The third kappa shape index (κ3) is 3.74. The van der Waals surface area contributed by atoms with E-state index in [0.29, 0.717) is 12.2 Å². The molecule has 1 N–H and O–H groups in total. The lowest BCUT2D eigenvalue weighted by Gasteiger charge is -2.22. The van der Waals surface area contributed by atoms with E-state index in [0.717, 1.165) is 11.4 Å². The number of imidazole rings is 1. The first-order valence-electron chi connectivity index (χ1n) is 7.39. The summed E-state index contributed by atoms with van der Waals surface area (Å²) in [5.74, 6) is 1.02. The number of amides is 1. The van der Waals surface area contributed by atoms with Crippen molar-refractivity contribution in [1.82, 2.24) is 14.9 Å². The zero-order valence-electron chi connectivity index (χ0n) is 13.5. The Labute approximate surface area is 131 Å². The zero-order chi connectivity index (χ0) is 16.1. The molecular formula is C17H23N3O2. The first-order valence-corrected chi connectivity index (χ1v) is 7.39. The standard InChI is InChI=1S/C17H23N3O2/c1-12(2)15(16-18-9-10-20(16)3)19-17(21)14-7-5-13(6-8-14)11-22-4/h5-10,12,15H,11H2,1-4H3,(H,19,21). The van der Waals surface area contributed by atoms with Crippen molar-refractivity contribution in [3.63, 3.8) is 0 Å². The molecule has 1 amide bonds. The summed E-state index contributed by atoms with van der Waals surface area (Å²) in [4.78, 5) is 16.8. The quantitative estimate of drug-likeness (QED) is 0.892. The van der Waals surface area contributed by atoms with Gasteiger partial charge in [0.05, 0.1) is 12.6 Å². The molecule has 2 aromatic rings. The Balaban J connectivity index is 2.13. The van der Waals surface area contributed by atoms with Gasteiger partial charge in [-0.15, -0.1) is 0 Å². The van der Waals surface area contributed by atoms with Gasteiger partial charge in [0.2, 0.25) is 0 Å². The summed E-state index contributed by atoms with van der Waals surface area (Å²) < 4.78 is 7.01. The van der Waals surface area contributed by atoms with E-state index in [1.165, 1.54) is 0 Å². The van der Waals surface area contributed by atoms with Gasteiger partial charge in [-0.25, -0.2) is 4.98 Å². The van der Waals surface area contributed by atoms with E-state index in [9.17, 15) is 4.79 Å². The summed E-state index contributed by atoms with van der Waals surface area (Å²) in [5, 5.41) is 3.07. The molecule has 0 spiro atoms. The van der Waals surface area contributed by atoms with Crippen LogP contribution in [0.2, 0.25) is 0 Å². The summed E-state index contributed by atoms with van der Waals surface area (Å²) in [6, 6.07) is 7.33. The Bertz CT molecular complexity index is 617. The van der Waals surface area contributed by atoms with Crippen LogP contribution in [-0.4, -0.2) is 22.6 Å². The summed E-state index contributed by atoms with van der Waals surface area (Å²) in [6.07, 6.45) is 3.63. The molecule has 5 nitrogen and oxygen atoms in total. The lowest BCUT2D eigenvalue weighted by molar-refractivity contribution is 0.0922. The van der Waals surface area contributed by atoms with E-state index in [1.807, 2.05) is 42.1 Å². The van der Waals surface area contributed by atoms with Crippen molar-refractivity contribution in [2.75, 3.05) is 7.11 Å². The van der Waals surface area contributed by atoms with Crippen LogP contribution in [0, 0.1) is 5.92 Å². The van der Waals surface area contributed by atoms with Gasteiger partial charge < -0.3 is 14.6 Å². The monoisotopic (exact) mass is 301 g/mol. The number of nitrogens with one attached hydrogen (secondary N) is 1. The van der Waals surface area contributed by atoms with Gasteiger partial charge in [-0.1, -0.05) is 26.0 Å². The van der Waals surface area contributed by atoms with Gasteiger partial charge in [0, 0.05) is 32.1 Å². The van der Waals surface area contributed by atoms with E-state index in [2.05, 4.69) is 24.1 Å². The third-order valence-corrected chi connectivity index (χ3v) is 3.62. The van der Waals surface area contributed by atoms with E-state index in [4.69, 9.17) is 4.74 Å². The third-order valence-electron chi connectivity index (χ3n) is 3.62. The van der Waals surface area contributed by atoms with Gasteiger partial charge in [-0.3, -0.25) is 4.79 Å². The van der Waals surface area contributed by atoms with E-state index in [1.54, 1.807) is 13.3 Å². The molecule has 0 bridgehead atoms. The highest BCUT2D eigenvalue weighted by molar-refractivity contribution is 5.94. The van der Waals surface area contributed by atoms with Crippen LogP contribution < -0.4 is 5.32 Å². The number of carbonyl (C=O) groups is 1. The fourth-order valence-corrected chi connectivity index (χ4v) is 2.35. The van der Waals surface area contributed by atoms with Crippen LogP contribution in [0.4, 0.5) is 0 Å². The molecule has 1 atom stereocenters. The summed E-state index contributed by atoms with van der Waals surface area (Å²) >= 11 is 0. The minimum atomic E-state index is -0.119. The lowest BCUT2D eigenvalue weighted by atomic mass is 10.0. The number of hydrogen-bond acceptors (Lipinski definition) is 3. The lowest BCUT2D eigenvalue weighted by Crippen LogP contribution is -2.33. The number of hydrogen-bond donors (Lipinski definition) is 1. The van der Waals surface area contributed by atoms with Crippen molar-refractivity contribution in [3.8, 4) is 0 Å². The van der Waals surface area contributed by atoms with Gasteiger partial charge in [0.1, 0.15) is 5.82 Å². The van der Waals surface area contributed by atoms with Crippen molar-refractivity contribution in [2.24, 2.45) is 13.0 Å². The van der Waals surface area contributed by atoms with Crippen molar-refractivity contribution in [2.45, 2.75) is 26.5 Å². The minimum absolute atomic E-state index is 0.0920. The van der Waals surface area contributed by atoms with E-state index < -0.39 is 0 Å². The second kappa shape index (κ2) is 7.22.